The molecule has 0 atom stereocenters. The van der Waals surface area contributed by atoms with Gasteiger partial charge in [0, 0.05) is 37.8 Å². The molecule has 148 valence electrons. The van der Waals surface area contributed by atoms with Crippen molar-refractivity contribution in [2.45, 2.75) is 51.9 Å². The highest BCUT2D eigenvalue weighted by Gasteiger charge is 2.42. The summed E-state index contributed by atoms with van der Waals surface area (Å²) in [5, 5.41) is 7.53. The summed E-state index contributed by atoms with van der Waals surface area (Å²) in [7, 11) is 3.43. The second kappa shape index (κ2) is 6.85. The SMILES string of the molecule is Cc1nn(C)c(C)c1CN(C)C(=O)Cn1nc(C(F)(F)F)c(Cl)c1C1CC1. The lowest BCUT2D eigenvalue weighted by molar-refractivity contribution is -0.142. The van der Waals surface area contributed by atoms with Crippen LogP contribution in [0.4, 0.5) is 13.2 Å². The van der Waals surface area contributed by atoms with E-state index in [1.807, 2.05) is 20.9 Å². The molecule has 0 aromatic carbocycles. The van der Waals surface area contributed by atoms with Crippen LogP contribution < -0.4 is 0 Å². The predicted molar refractivity (Wildman–Crippen MR) is 93.4 cm³/mol. The molecule has 0 spiro atoms. The fraction of sp³-hybridized carbons (Fsp3) is 0.588. The van der Waals surface area contributed by atoms with Gasteiger partial charge >= 0.3 is 6.18 Å². The molecule has 0 aliphatic heterocycles. The number of halogens is 4. The first kappa shape index (κ1) is 19.7. The second-order valence-corrected chi connectivity index (χ2v) is 7.38. The second-order valence-electron chi connectivity index (χ2n) is 7.00. The van der Waals surface area contributed by atoms with Gasteiger partial charge in [-0.2, -0.15) is 23.4 Å². The summed E-state index contributed by atoms with van der Waals surface area (Å²) in [5.41, 5.74) is 1.85. The van der Waals surface area contributed by atoms with Gasteiger partial charge in [-0.25, -0.2) is 0 Å². The molecule has 1 saturated carbocycles. The lowest BCUT2D eigenvalue weighted by atomic mass is 10.2. The summed E-state index contributed by atoms with van der Waals surface area (Å²) in [6.07, 6.45) is -3.15. The van der Waals surface area contributed by atoms with Crippen LogP contribution in [0.25, 0.3) is 0 Å². The van der Waals surface area contributed by atoms with Gasteiger partial charge in [0.25, 0.3) is 0 Å². The Hall–Kier alpha value is -2.03. The van der Waals surface area contributed by atoms with Crippen molar-refractivity contribution in [3.63, 3.8) is 0 Å². The van der Waals surface area contributed by atoms with E-state index < -0.39 is 11.9 Å². The third-order valence-electron chi connectivity index (χ3n) is 4.93. The third kappa shape index (κ3) is 3.83. The Bertz CT molecular complexity index is 882. The Morgan fingerprint density at radius 2 is 1.93 bits per heavy atom. The topological polar surface area (TPSA) is 56.0 Å². The first-order valence-corrected chi connectivity index (χ1v) is 8.95. The van der Waals surface area contributed by atoms with Crippen molar-refractivity contribution >= 4 is 17.5 Å². The quantitative estimate of drug-likeness (QED) is 0.768. The summed E-state index contributed by atoms with van der Waals surface area (Å²) in [4.78, 5) is 14.1. The molecule has 2 heterocycles. The molecule has 10 heteroatoms. The number of carbonyl (C=O) groups is 1. The minimum absolute atomic E-state index is 0.0676. The summed E-state index contributed by atoms with van der Waals surface area (Å²) < 4.78 is 42.3. The van der Waals surface area contributed by atoms with Crippen molar-refractivity contribution in [1.82, 2.24) is 24.5 Å². The maximum absolute atomic E-state index is 13.1. The standard InChI is InChI=1S/C17H21ClF3N5O/c1-9-12(10(2)25(4)22-9)7-24(3)13(27)8-26-15(11-5-6-11)14(18)16(23-26)17(19,20)21/h11H,5-8H2,1-4H3. The molecule has 27 heavy (non-hydrogen) atoms. The van der Waals surface area contributed by atoms with E-state index in [0.29, 0.717) is 12.2 Å². The van der Waals surface area contributed by atoms with Crippen LogP contribution >= 0.6 is 11.6 Å². The minimum Gasteiger partial charge on any atom is -0.340 e. The number of alkyl halides is 3. The van der Waals surface area contributed by atoms with Crippen molar-refractivity contribution in [3.8, 4) is 0 Å². The Kier molecular flexibility index (Phi) is 5.00. The Labute approximate surface area is 159 Å². The van der Waals surface area contributed by atoms with Gasteiger partial charge < -0.3 is 4.90 Å². The average molecular weight is 404 g/mol. The van der Waals surface area contributed by atoms with Gasteiger partial charge in [0.2, 0.25) is 5.91 Å². The average Bonchev–Trinajstić information content (AvgIpc) is 3.29. The highest BCUT2D eigenvalue weighted by atomic mass is 35.5. The lowest BCUT2D eigenvalue weighted by Gasteiger charge is -2.18. The van der Waals surface area contributed by atoms with Crippen LogP contribution in [0.3, 0.4) is 0 Å². The number of carbonyl (C=O) groups excluding carboxylic acids is 1. The highest BCUT2D eigenvalue weighted by molar-refractivity contribution is 6.32. The number of amides is 1. The number of nitrogens with zero attached hydrogens (tertiary/aromatic N) is 5. The van der Waals surface area contributed by atoms with E-state index in [0.717, 1.165) is 34.5 Å². The van der Waals surface area contributed by atoms with Gasteiger partial charge in [-0.05, 0) is 26.7 Å². The molecule has 0 radical (unpaired) electrons. The molecule has 0 saturated heterocycles. The zero-order valence-electron chi connectivity index (χ0n) is 15.6. The number of hydrogen-bond acceptors (Lipinski definition) is 3. The molecular weight excluding hydrogens is 383 g/mol. The fourth-order valence-electron chi connectivity index (χ4n) is 3.12. The smallest absolute Gasteiger partial charge is 0.340 e. The minimum atomic E-state index is -4.65. The number of aryl methyl sites for hydroxylation is 2. The van der Waals surface area contributed by atoms with Crippen LogP contribution in [0, 0.1) is 13.8 Å². The molecule has 1 fully saturated rings. The van der Waals surface area contributed by atoms with Crippen molar-refractivity contribution in [2.75, 3.05) is 7.05 Å². The van der Waals surface area contributed by atoms with Crippen LogP contribution in [0.1, 0.15) is 47.1 Å². The maximum Gasteiger partial charge on any atom is 0.436 e. The van der Waals surface area contributed by atoms with E-state index in [1.165, 1.54) is 4.90 Å². The van der Waals surface area contributed by atoms with E-state index >= 15 is 0 Å². The summed E-state index contributed by atoms with van der Waals surface area (Å²) in [6.45, 7) is 3.80. The van der Waals surface area contributed by atoms with E-state index in [-0.39, 0.29) is 23.4 Å². The number of likely N-dealkylation sites (N-methyl/N-ethyl adjacent to an activating group) is 1. The number of rotatable bonds is 5. The number of hydrogen-bond donors (Lipinski definition) is 0. The normalized spacial score (nSPS) is 14.7. The molecule has 0 unspecified atom stereocenters. The van der Waals surface area contributed by atoms with E-state index in [4.69, 9.17) is 11.6 Å². The fourth-order valence-corrected chi connectivity index (χ4v) is 3.52. The molecule has 2 aromatic heterocycles. The van der Waals surface area contributed by atoms with Gasteiger partial charge in [-0.3, -0.25) is 14.2 Å². The molecule has 1 aliphatic carbocycles. The van der Waals surface area contributed by atoms with Crippen molar-refractivity contribution in [1.29, 1.82) is 0 Å². The molecule has 0 bridgehead atoms. The van der Waals surface area contributed by atoms with Crippen molar-refractivity contribution in [3.05, 3.63) is 33.4 Å². The van der Waals surface area contributed by atoms with Crippen LogP contribution in [0.15, 0.2) is 0 Å². The van der Waals surface area contributed by atoms with Gasteiger partial charge in [-0.15, -0.1) is 0 Å². The molecule has 1 amide bonds. The maximum atomic E-state index is 13.1. The summed E-state index contributed by atoms with van der Waals surface area (Å²) >= 11 is 5.95. The van der Waals surface area contributed by atoms with Crippen LogP contribution in [0.2, 0.25) is 5.02 Å². The Morgan fingerprint density at radius 1 is 1.30 bits per heavy atom. The van der Waals surface area contributed by atoms with Gasteiger partial charge in [0.05, 0.1) is 16.4 Å². The molecule has 2 aromatic rings. The van der Waals surface area contributed by atoms with Crippen LogP contribution in [0.5, 0.6) is 0 Å². The predicted octanol–water partition coefficient (Wildman–Crippen LogP) is 3.44. The zero-order valence-corrected chi connectivity index (χ0v) is 16.3. The lowest BCUT2D eigenvalue weighted by Crippen LogP contribution is -2.31. The Balaban J connectivity index is 1.81. The number of aromatic nitrogens is 4. The molecule has 0 N–H and O–H groups in total. The molecule has 1 aliphatic rings. The zero-order chi connectivity index (χ0) is 20.1. The summed E-state index contributed by atoms with van der Waals surface area (Å²) in [5.74, 6) is -0.408. The molecule has 3 rings (SSSR count). The molecular formula is C17H21ClF3N5O. The van der Waals surface area contributed by atoms with Gasteiger partial charge in [0.15, 0.2) is 5.69 Å². The molecule has 6 nitrogen and oxygen atoms in total. The Morgan fingerprint density at radius 3 is 2.41 bits per heavy atom. The largest absolute Gasteiger partial charge is 0.436 e. The highest BCUT2D eigenvalue weighted by Crippen LogP contribution is 2.46. The van der Waals surface area contributed by atoms with Crippen molar-refractivity contribution in [2.24, 2.45) is 7.05 Å². The van der Waals surface area contributed by atoms with Crippen LogP contribution in [-0.4, -0.2) is 37.4 Å². The first-order valence-electron chi connectivity index (χ1n) is 8.57. The monoisotopic (exact) mass is 403 g/mol. The first-order chi connectivity index (χ1) is 12.5. The van der Waals surface area contributed by atoms with E-state index in [9.17, 15) is 18.0 Å². The van der Waals surface area contributed by atoms with Gasteiger partial charge in [-0.1, -0.05) is 11.6 Å². The van der Waals surface area contributed by atoms with Gasteiger partial charge in [0.1, 0.15) is 6.54 Å². The van der Waals surface area contributed by atoms with Crippen molar-refractivity contribution < 1.29 is 18.0 Å². The summed E-state index contributed by atoms with van der Waals surface area (Å²) in [6, 6.07) is 0. The third-order valence-corrected chi connectivity index (χ3v) is 5.30. The van der Waals surface area contributed by atoms with Crippen LogP contribution in [-0.2, 0) is 31.1 Å². The van der Waals surface area contributed by atoms with E-state index in [2.05, 4.69) is 10.2 Å². The van der Waals surface area contributed by atoms with E-state index in [1.54, 1.807) is 11.7 Å².